The smallest absolute Gasteiger partial charge is 0.233 e. The highest BCUT2D eigenvalue weighted by molar-refractivity contribution is 6.30. The number of aromatic amines is 1. The Morgan fingerprint density at radius 1 is 0.917 bits per heavy atom. The molecule has 0 radical (unpaired) electrons. The number of pyridine rings is 1. The fraction of sp³-hybridized carbons (Fsp3) is 0.269. The molecule has 0 atom stereocenters. The van der Waals surface area contributed by atoms with Gasteiger partial charge >= 0.3 is 0 Å². The SMILES string of the molecule is Clc1cccc(/C=C/c2nc(Nc3cc(C4CC4)[nH]n3)nc(N3CCN(c4ccncc4)CC3)n2)c1. The van der Waals surface area contributed by atoms with Gasteiger partial charge in [0.1, 0.15) is 0 Å². The van der Waals surface area contributed by atoms with Crippen molar-refractivity contribution >= 4 is 47.2 Å². The molecule has 3 aromatic heterocycles. The summed E-state index contributed by atoms with van der Waals surface area (Å²) >= 11 is 6.14. The van der Waals surface area contributed by atoms with Crippen LogP contribution in [0.5, 0.6) is 0 Å². The van der Waals surface area contributed by atoms with E-state index in [-0.39, 0.29) is 0 Å². The Balaban J connectivity index is 1.24. The summed E-state index contributed by atoms with van der Waals surface area (Å²) in [5.74, 6) is 2.98. The molecule has 182 valence electrons. The zero-order valence-corrected chi connectivity index (χ0v) is 20.4. The van der Waals surface area contributed by atoms with Gasteiger partial charge in [0.25, 0.3) is 0 Å². The number of aromatic nitrogens is 6. The molecule has 2 fully saturated rings. The van der Waals surface area contributed by atoms with E-state index < -0.39 is 0 Å². The molecule has 6 rings (SSSR count). The number of halogens is 1. The first kappa shape index (κ1) is 22.5. The van der Waals surface area contributed by atoms with Crippen molar-refractivity contribution in [2.45, 2.75) is 18.8 Å². The summed E-state index contributed by atoms with van der Waals surface area (Å²) in [6, 6.07) is 13.8. The molecule has 10 heteroatoms. The Labute approximate surface area is 214 Å². The molecule has 2 N–H and O–H groups in total. The quantitative estimate of drug-likeness (QED) is 0.375. The van der Waals surface area contributed by atoms with E-state index in [0.717, 1.165) is 37.4 Å². The van der Waals surface area contributed by atoms with E-state index in [9.17, 15) is 0 Å². The standard InChI is InChI=1S/C26H26ClN9/c27-20-3-1-2-18(16-20)4-7-23-29-25(30-24-17-22(33-34-24)19-5-6-19)32-26(31-23)36-14-12-35(13-15-36)21-8-10-28-11-9-21/h1-4,7-11,16-17,19H,5-6,12-15H2,(H2,29,30,31,32,33,34)/b7-4+. The lowest BCUT2D eigenvalue weighted by Crippen LogP contribution is -2.47. The molecule has 36 heavy (non-hydrogen) atoms. The zero-order chi connectivity index (χ0) is 24.3. The molecule has 0 bridgehead atoms. The number of rotatable bonds is 7. The number of hydrogen-bond acceptors (Lipinski definition) is 8. The van der Waals surface area contributed by atoms with Crippen LogP contribution in [-0.2, 0) is 0 Å². The van der Waals surface area contributed by atoms with Crippen molar-refractivity contribution in [3.8, 4) is 0 Å². The minimum Gasteiger partial charge on any atom is -0.368 e. The highest BCUT2D eigenvalue weighted by Gasteiger charge is 2.26. The number of benzene rings is 1. The fourth-order valence-corrected chi connectivity index (χ4v) is 4.47. The maximum absolute atomic E-state index is 6.14. The normalized spacial score (nSPS) is 16.0. The van der Waals surface area contributed by atoms with E-state index in [0.29, 0.717) is 34.5 Å². The van der Waals surface area contributed by atoms with Gasteiger partial charge in [-0.05, 0) is 48.7 Å². The second-order valence-electron chi connectivity index (χ2n) is 8.99. The fourth-order valence-electron chi connectivity index (χ4n) is 4.27. The number of piperazine rings is 1. The van der Waals surface area contributed by atoms with Crippen molar-refractivity contribution in [1.29, 1.82) is 0 Å². The third kappa shape index (κ3) is 5.31. The van der Waals surface area contributed by atoms with Crippen molar-refractivity contribution < 1.29 is 0 Å². The average Bonchev–Trinajstić information content (AvgIpc) is 3.67. The summed E-state index contributed by atoms with van der Waals surface area (Å²) in [7, 11) is 0. The van der Waals surface area contributed by atoms with E-state index in [2.05, 4.69) is 35.3 Å². The summed E-state index contributed by atoms with van der Waals surface area (Å²) in [5.41, 5.74) is 3.31. The molecule has 1 saturated carbocycles. The molecule has 4 heterocycles. The van der Waals surface area contributed by atoms with Crippen molar-refractivity contribution in [2.75, 3.05) is 41.3 Å². The lowest BCUT2D eigenvalue weighted by Gasteiger charge is -2.36. The maximum Gasteiger partial charge on any atom is 0.233 e. The first-order valence-electron chi connectivity index (χ1n) is 12.1. The van der Waals surface area contributed by atoms with E-state index in [1.807, 2.05) is 67.0 Å². The van der Waals surface area contributed by atoms with Gasteiger partial charge in [0.2, 0.25) is 11.9 Å². The van der Waals surface area contributed by atoms with Crippen LogP contribution in [0.25, 0.3) is 12.2 Å². The van der Waals surface area contributed by atoms with Gasteiger partial charge in [-0.3, -0.25) is 10.1 Å². The predicted octanol–water partition coefficient (Wildman–Crippen LogP) is 4.76. The first-order valence-corrected chi connectivity index (χ1v) is 12.5. The van der Waals surface area contributed by atoms with Crippen LogP contribution in [-0.4, -0.2) is 56.3 Å². The molecule has 4 aromatic rings. The molecule has 1 aliphatic heterocycles. The second kappa shape index (κ2) is 9.94. The topological polar surface area (TPSA) is 98.8 Å². The Morgan fingerprint density at radius 3 is 2.50 bits per heavy atom. The molecule has 9 nitrogen and oxygen atoms in total. The van der Waals surface area contributed by atoms with Gasteiger partial charge in [0.05, 0.1) is 0 Å². The van der Waals surface area contributed by atoms with Crippen LogP contribution >= 0.6 is 11.6 Å². The third-order valence-corrected chi connectivity index (χ3v) is 6.59. The lowest BCUT2D eigenvalue weighted by atomic mass is 10.2. The van der Waals surface area contributed by atoms with Crippen LogP contribution in [0.3, 0.4) is 0 Å². The first-order chi connectivity index (χ1) is 17.7. The Kier molecular flexibility index (Phi) is 6.21. The molecule has 1 saturated heterocycles. The van der Waals surface area contributed by atoms with Crippen molar-refractivity contribution in [2.24, 2.45) is 0 Å². The maximum atomic E-state index is 6.14. The minimum absolute atomic E-state index is 0.469. The Hall–Kier alpha value is -3.98. The minimum atomic E-state index is 0.469. The molecule has 0 amide bonds. The monoisotopic (exact) mass is 499 g/mol. The van der Waals surface area contributed by atoms with E-state index in [4.69, 9.17) is 21.6 Å². The number of nitrogens with one attached hydrogen (secondary N) is 2. The van der Waals surface area contributed by atoms with Crippen LogP contribution in [0.15, 0.2) is 54.9 Å². The highest BCUT2D eigenvalue weighted by Crippen LogP contribution is 2.39. The van der Waals surface area contributed by atoms with E-state index in [1.54, 1.807) is 0 Å². The largest absolute Gasteiger partial charge is 0.368 e. The summed E-state index contributed by atoms with van der Waals surface area (Å²) < 4.78 is 0. The predicted molar refractivity (Wildman–Crippen MR) is 143 cm³/mol. The van der Waals surface area contributed by atoms with Crippen LogP contribution in [0.1, 0.15) is 35.8 Å². The van der Waals surface area contributed by atoms with Crippen molar-refractivity contribution in [3.63, 3.8) is 0 Å². The van der Waals surface area contributed by atoms with Crippen LogP contribution in [0, 0.1) is 0 Å². The highest BCUT2D eigenvalue weighted by atomic mass is 35.5. The van der Waals surface area contributed by atoms with Crippen LogP contribution in [0.2, 0.25) is 5.02 Å². The molecular weight excluding hydrogens is 474 g/mol. The molecule has 0 spiro atoms. The number of nitrogens with zero attached hydrogens (tertiary/aromatic N) is 7. The van der Waals surface area contributed by atoms with Gasteiger partial charge in [-0.1, -0.05) is 29.8 Å². The Morgan fingerprint density at radius 2 is 1.72 bits per heavy atom. The van der Waals surface area contributed by atoms with E-state index >= 15 is 0 Å². The molecular formula is C26H26ClN9. The number of H-pyrrole nitrogens is 1. The van der Waals surface area contributed by atoms with Gasteiger partial charge in [0.15, 0.2) is 11.6 Å². The van der Waals surface area contributed by atoms with Crippen molar-refractivity contribution in [1.82, 2.24) is 30.1 Å². The Bertz CT molecular complexity index is 1360. The average molecular weight is 500 g/mol. The summed E-state index contributed by atoms with van der Waals surface area (Å²) in [6.45, 7) is 3.35. The van der Waals surface area contributed by atoms with Crippen LogP contribution in [0.4, 0.5) is 23.4 Å². The third-order valence-electron chi connectivity index (χ3n) is 6.36. The number of anilines is 4. The van der Waals surface area contributed by atoms with Crippen LogP contribution < -0.4 is 15.1 Å². The van der Waals surface area contributed by atoms with Gasteiger partial charge in [-0.2, -0.15) is 20.1 Å². The van der Waals surface area contributed by atoms with Gasteiger partial charge < -0.3 is 15.1 Å². The molecule has 1 aromatic carbocycles. The van der Waals surface area contributed by atoms with Crippen molar-refractivity contribution in [3.05, 3.63) is 77.0 Å². The lowest BCUT2D eigenvalue weighted by molar-refractivity contribution is 0.638. The van der Waals surface area contributed by atoms with E-state index in [1.165, 1.54) is 18.5 Å². The van der Waals surface area contributed by atoms with Gasteiger partial charge in [0, 0.05) is 67.0 Å². The van der Waals surface area contributed by atoms with Gasteiger partial charge in [-0.15, -0.1) is 0 Å². The summed E-state index contributed by atoms with van der Waals surface area (Å²) in [5, 5.41) is 11.5. The molecule has 2 aliphatic rings. The summed E-state index contributed by atoms with van der Waals surface area (Å²) in [4.78, 5) is 22.8. The zero-order valence-electron chi connectivity index (χ0n) is 19.7. The summed E-state index contributed by atoms with van der Waals surface area (Å²) in [6.07, 6.45) is 9.91. The number of hydrogen-bond donors (Lipinski definition) is 2. The second-order valence-corrected chi connectivity index (χ2v) is 9.43. The van der Waals surface area contributed by atoms with Gasteiger partial charge in [-0.25, -0.2) is 0 Å². The molecule has 1 aliphatic carbocycles. The molecule has 0 unspecified atom stereocenters.